The van der Waals surface area contributed by atoms with Crippen LogP contribution < -0.4 is 0 Å². The number of aliphatic hydroxyl groups excluding tert-OH is 1. The highest BCUT2D eigenvalue weighted by Crippen LogP contribution is 2.34. The van der Waals surface area contributed by atoms with E-state index in [4.69, 9.17) is 0 Å². The van der Waals surface area contributed by atoms with E-state index in [1.807, 2.05) is 6.08 Å². The summed E-state index contributed by atoms with van der Waals surface area (Å²) >= 11 is 0. The Kier molecular flexibility index (Phi) is 11.3. The van der Waals surface area contributed by atoms with Crippen molar-refractivity contribution in [2.75, 3.05) is 7.11 Å². The van der Waals surface area contributed by atoms with Gasteiger partial charge in [-0.25, -0.2) is 4.79 Å². The van der Waals surface area contributed by atoms with E-state index in [1.165, 1.54) is 7.11 Å². The fourth-order valence-electron chi connectivity index (χ4n) is 3.89. The Labute approximate surface area is 169 Å². The predicted octanol–water partition coefficient (Wildman–Crippen LogP) is 4.12. The van der Waals surface area contributed by atoms with Crippen molar-refractivity contribution in [2.24, 2.45) is 11.8 Å². The Hall–Kier alpha value is -1.46. The first kappa shape index (κ1) is 24.6. The summed E-state index contributed by atoms with van der Waals surface area (Å²) in [6, 6.07) is 0. The van der Waals surface area contributed by atoms with Gasteiger partial charge in [0.15, 0.2) is 6.10 Å². The second-order valence-electron chi connectivity index (χ2n) is 8.00. The molecule has 0 radical (unpaired) electrons. The lowest BCUT2D eigenvalue weighted by Crippen LogP contribution is -2.24. The van der Waals surface area contributed by atoms with E-state index in [0.717, 1.165) is 44.9 Å². The zero-order valence-corrected chi connectivity index (χ0v) is 17.6. The second-order valence-corrected chi connectivity index (χ2v) is 8.00. The van der Waals surface area contributed by atoms with E-state index < -0.39 is 17.7 Å². The number of Topliss-reactive ketones (excluding diaryl/α,β-unsaturated/α-hetero) is 1. The van der Waals surface area contributed by atoms with Gasteiger partial charge < -0.3 is 14.9 Å². The van der Waals surface area contributed by atoms with Crippen molar-refractivity contribution in [1.82, 2.24) is 0 Å². The Morgan fingerprint density at radius 1 is 1.36 bits per heavy atom. The molecule has 2 N–H and O–H groups in total. The fraction of sp³-hybridized carbons (Fsp3) is 0.739. The molecule has 0 aliphatic heterocycles. The molecule has 1 aliphatic carbocycles. The van der Waals surface area contributed by atoms with E-state index >= 15 is 0 Å². The summed E-state index contributed by atoms with van der Waals surface area (Å²) in [6.07, 6.45) is 13.2. The van der Waals surface area contributed by atoms with Gasteiger partial charge in [-0.2, -0.15) is 0 Å². The van der Waals surface area contributed by atoms with Crippen LogP contribution in [-0.4, -0.2) is 40.8 Å². The molecule has 0 heterocycles. The van der Waals surface area contributed by atoms with Gasteiger partial charge in [-0.3, -0.25) is 4.79 Å². The number of ether oxygens (including phenoxy) is 1. The van der Waals surface area contributed by atoms with Crippen molar-refractivity contribution < 1.29 is 24.5 Å². The van der Waals surface area contributed by atoms with Crippen LogP contribution in [0.25, 0.3) is 0 Å². The SMILES string of the molecule is C=CC(O)(CC=C[C@H]1CCC(=O)[C@@H]1CCCCCC(O)C(=O)OC)CCCC. The normalized spacial score (nSPS) is 22.9. The third kappa shape index (κ3) is 8.27. The van der Waals surface area contributed by atoms with Crippen LogP contribution in [-0.2, 0) is 14.3 Å². The molecule has 5 heteroatoms. The minimum Gasteiger partial charge on any atom is -0.467 e. The lowest BCUT2D eigenvalue weighted by molar-refractivity contribution is -0.150. The molecule has 0 spiro atoms. The Morgan fingerprint density at radius 3 is 2.75 bits per heavy atom. The number of carbonyl (C=O) groups is 2. The Morgan fingerprint density at radius 2 is 2.11 bits per heavy atom. The summed E-state index contributed by atoms with van der Waals surface area (Å²) < 4.78 is 4.50. The number of unbranched alkanes of at least 4 members (excludes halogenated alkanes) is 3. The Balaban J connectivity index is 2.41. The summed E-state index contributed by atoms with van der Waals surface area (Å²) in [5.74, 6) is 0.0337. The molecule has 1 rings (SSSR count). The molecule has 0 aromatic carbocycles. The number of hydrogen-bond acceptors (Lipinski definition) is 5. The maximum Gasteiger partial charge on any atom is 0.334 e. The molecule has 28 heavy (non-hydrogen) atoms. The van der Waals surface area contributed by atoms with Gasteiger partial charge in [-0.1, -0.05) is 57.3 Å². The van der Waals surface area contributed by atoms with Gasteiger partial charge in [0, 0.05) is 12.3 Å². The second kappa shape index (κ2) is 12.9. The van der Waals surface area contributed by atoms with Crippen LogP contribution in [0.3, 0.4) is 0 Å². The zero-order valence-electron chi connectivity index (χ0n) is 17.6. The highest BCUT2D eigenvalue weighted by Gasteiger charge is 2.32. The summed E-state index contributed by atoms with van der Waals surface area (Å²) in [6.45, 7) is 5.87. The molecule has 1 saturated carbocycles. The van der Waals surface area contributed by atoms with Crippen molar-refractivity contribution in [3.8, 4) is 0 Å². The molecule has 0 aromatic rings. The molecule has 4 atom stereocenters. The summed E-state index contributed by atoms with van der Waals surface area (Å²) in [5, 5.41) is 20.1. The molecule has 160 valence electrons. The number of allylic oxidation sites excluding steroid dienone is 1. The van der Waals surface area contributed by atoms with Crippen LogP contribution >= 0.6 is 0 Å². The number of hydrogen-bond donors (Lipinski definition) is 2. The number of esters is 1. The van der Waals surface area contributed by atoms with Crippen molar-refractivity contribution in [3.63, 3.8) is 0 Å². The number of methoxy groups -OCH3 is 1. The standard InChI is InChI=1S/C23H38O5/c1-4-6-16-23(27,5-2)17-10-11-18-14-15-20(24)19(18)12-8-7-9-13-21(25)22(26)28-3/h5,10-11,18-19,21,25,27H,2,4,6-9,12-17H2,1,3H3/t18-,19+,21?,23?/m0/s1. The van der Waals surface area contributed by atoms with E-state index in [-0.39, 0.29) is 11.8 Å². The molecular weight excluding hydrogens is 356 g/mol. The maximum atomic E-state index is 12.2. The molecule has 0 bridgehead atoms. The van der Waals surface area contributed by atoms with Crippen LogP contribution in [0.4, 0.5) is 0 Å². The molecule has 0 saturated heterocycles. The van der Waals surface area contributed by atoms with Crippen molar-refractivity contribution >= 4 is 11.8 Å². The molecule has 5 nitrogen and oxygen atoms in total. The van der Waals surface area contributed by atoms with Gasteiger partial charge in [0.25, 0.3) is 0 Å². The molecular formula is C23H38O5. The predicted molar refractivity (Wildman–Crippen MR) is 111 cm³/mol. The van der Waals surface area contributed by atoms with Crippen molar-refractivity contribution in [2.45, 2.75) is 89.3 Å². The number of rotatable bonds is 14. The minimum absolute atomic E-state index is 0.0502. The lowest BCUT2D eigenvalue weighted by atomic mass is 9.88. The first-order chi connectivity index (χ1) is 13.4. The average Bonchev–Trinajstić information content (AvgIpc) is 3.05. The third-order valence-corrected chi connectivity index (χ3v) is 5.82. The quantitative estimate of drug-likeness (QED) is 0.263. The van der Waals surface area contributed by atoms with Crippen LogP contribution in [0.15, 0.2) is 24.8 Å². The minimum atomic E-state index is -1.05. The van der Waals surface area contributed by atoms with Gasteiger partial charge in [0.05, 0.1) is 12.7 Å². The lowest BCUT2D eigenvalue weighted by Gasteiger charge is -2.23. The van der Waals surface area contributed by atoms with E-state index in [1.54, 1.807) is 6.08 Å². The van der Waals surface area contributed by atoms with Crippen LogP contribution in [0.2, 0.25) is 0 Å². The fourth-order valence-corrected chi connectivity index (χ4v) is 3.89. The Bertz CT molecular complexity index is 527. The number of carbonyl (C=O) groups excluding carboxylic acids is 2. The topological polar surface area (TPSA) is 83.8 Å². The maximum absolute atomic E-state index is 12.2. The highest BCUT2D eigenvalue weighted by molar-refractivity contribution is 5.83. The van der Waals surface area contributed by atoms with Crippen molar-refractivity contribution in [1.29, 1.82) is 0 Å². The van der Waals surface area contributed by atoms with Crippen LogP contribution in [0.1, 0.15) is 77.6 Å². The molecule has 0 aromatic heterocycles. The summed E-state index contributed by atoms with van der Waals surface area (Å²) in [5.41, 5.74) is -0.856. The monoisotopic (exact) mass is 394 g/mol. The van der Waals surface area contributed by atoms with E-state index in [9.17, 15) is 19.8 Å². The van der Waals surface area contributed by atoms with Gasteiger partial charge in [-0.05, 0) is 38.0 Å². The third-order valence-electron chi connectivity index (χ3n) is 5.82. The van der Waals surface area contributed by atoms with Gasteiger partial charge in [0.2, 0.25) is 0 Å². The number of aliphatic hydroxyl groups is 2. The number of ketones is 1. The van der Waals surface area contributed by atoms with Gasteiger partial charge in [0.1, 0.15) is 5.78 Å². The van der Waals surface area contributed by atoms with Crippen LogP contribution in [0, 0.1) is 11.8 Å². The average molecular weight is 395 g/mol. The van der Waals surface area contributed by atoms with E-state index in [2.05, 4.69) is 24.3 Å². The molecule has 1 fully saturated rings. The smallest absolute Gasteiger partial charge is 0.334 e. The zero-order chi connectivity index (χ0) is 21.0. The van der Waals surface area contributed by atoms with E-state index in [0.29, 0.717) is 31.5 Å². The van der Waals surface area contributed by atoms with Crippen LogP contribution in [0.5, 0.6) is 0 Å². The molecule has 1 aliphatic rings. The van der Waals surface area contributed by atoms with Crippen molar-refractivity contribution in [3.05, 3.63) is 24.8 Å². The first-order valence-electron chi connectivity index (χ1n) is 10.7. The first-order valence-corrected chi connectivity index (χ1v) is 10.7. The molecule has 0 amide bonds. The largest absolute Gasteiger partial charge is 0.467 e. The summed E-state index contributed by atoms with van der Waals surface area (Å²) in [4.78, 5) is 23.4. The summed E-state index contributed by atoms with van der Waals surface area (Å²) in [7, 11) is 1.27. The molecule has 2 unspecified atom stereocenters. The van der Waals surface area contributed by atoms with Gasteiger partial charge >= 0.3 is 5.97 Å². The highest BCUT2D eigenvalue weighted by atomic mass is 16.5. The van der Waals surface area contributed by atoms with Gasteiger partial charge in [-0.15, -0.1) is 6.58 Å².